The van der Waals surface area contributed by atoms with Gasteiger partial charge in [-0.25, -0.2) is 9.97 Å². The SMILES string of the molecule is Cc1cc(C)cc(Nc2c(C(=O)N3CCOCC3)cnc3nc(C)ccc23)c1. The first-order valence-electron chi connectivity index (χ1n) is 9.50. The van der Waals surface area contributed by atoms with Crippen LogP contribution in [-0.4, -0.2) is 47.1 Å². The summed E-state index contributed by atoms with van der Waals surface area (Å²) in [6, 6.07) is 10.2. The molecule has 0 saturated carbocycles. The number of ether oxygens (including phenoxy) is 1. The molecule has 6 nitrogen and oxygen atoms in total. The molecule has 0 unspecified atom stereocenters. The normalized spacial score (nSPS) is 14.3. The Bertz CT molecular complexity index is 1020. The van der Waals surface area contributed by atoms with Crippen molar-refractivity contribution in [2.24, 2.45) is 0 Å². The van der Waals surface area contributed by atoms with Gasteiger partial charge in [-0.3, -0.25) is 4.79 Å². The van der Waals surface area contributed by atoms with Gasteiger partial charge in [0, 0.05) is 36.1 Å². The molecule has 1 N–H and O–H groups in total. The van der Waals surface area contributed by atoms with Gasteiger partial charge in [-0.15, -0.1) is 0 Å². The number of nitrogens with zero attached hydrogens (tertiary/aromatic N) is 3. The third-order valence-corrected chi connectivity index (χ3v) is 4.89. The van der Waals surface area contributed by atoms with Crippen molar-refractivity contribution in [2.75, 3.05) is 31.6 Å². The summed E-state index contributed by atoms with van der Waals surface area (Å²) in [5.41, 5.74) is 6.10. The fourth-order valence-corrected chi connectivity index (χ4v) is 3.60. The summed E-state index contributed by atoms with van der Waals surface area (Å²) >= 11 is 0. The average Bonchev–Trinajstić information content (AvgIpc) is 2.67. The van der Waals surface area contributed by atoms with Crippen molar-refractivity contribution in [1.29, 1.82) is 0 Å². The maximum absolute atomic E-state index is 13.2. The molecular formula is C22H24N4O2. The molecule has 0 bridgehead atoms. The molecule has 4 rings (SSSR count). The van der Waals surface area contributed by atoms with Gasteiger partial charge in [0.25, 0.3) is 5.91 Å². The van der Waals surface area contributed by atoms with Crippen molar-refractivity contribution in [3.05, 3.63) is 58.9 Å². The number of hydrogen-bond donors (Lipinski definition) is 1. The van der Waals surface area contributed by atoms with Crippen LogP contribution in [0.3, 0.4) is 0 Å². The highest BCUT2D eigenvalue weighted by Gasteiger charge is 2.23. The van der Waals surface area contributed by atoms with Crippen molar-refractivity contribution in [3.63, 3.8) is 0 Å². The minimum absolute atomic E-state index is 0.0369. The van der Waals surface area contributed by atoms with Gasteiger partial charge in [0.05, 0.1) is 24.5 Å². The summed E-state index contributed by atoms with van der Waals surface area (Å²) in [6.07, 6.45) is 1.64. The molecule has 0 spiro atoms. The summed E-state index contributed by atoms with van der Waals surface area (Å²) in [5, 5.41) is 4.31. The van der Waals surface area contributed by atoms with E-state index in [0.717, 1.165) is 33.6 Å². The Labute approximate surface area is 164 Å². The molecule has 1 aromatic carbocycles. The summed E-state index contributed by atoms with van der Waals surface area (Å²) in [7, 11) is 0. The molecule has 1 aliphatic heterocycles. The first-order valence-corrected chi connectivity index (χ1v) is 9.50. The summed E-state index contributed by atoms with van der Waals surface area (Å²) in [6.45, 7) is 8.37. The number of carbonyl (C=O) groups excluding carboxylic acids is 1. The molecule has 2 aromatic heterocycles. The number of fused-ring (bicyclic) bond motifs is 1. The van der Waals surface area contributed by atoms with Gasteiger partial charge in [-0.1, -0.05) is 6.07 Å². The number of nitrogens with one attached hydrogen (secondary N) is 1. The fraction of sp³-hybridized carbons (Fsp3) is 0.318. The van der Waals surface area contributed by atoms with Crippen LogP contribution >= 0.6 is 0 Å². The highest BCUT2D eigenvalue weighted by atomic mass is 16.5. The van der Waals surface area contributed by atoms with E-state index in [0.29, 0.717) is 37.5 Å². The van der Waals surface area contributed by atoms with E-state index in [4.69, 9.17) is 4.74 Å². The lowest BCUT2D eigenvalue weighted by atomic mass is 10.1. The first kappa shape index (κ1) is 18.4. The number of hydrogen-bond acceptors (Lipinski definition) is 5. The van der Waals surface area contributed by atoms with Gasteiger partial charge in [0.1, 0.15) is 0 Å². The van der Waals surface area contributed by atoms with E-state index in [9.17, 15) is 4.79 Å². The Hall–Kier alpha value is -2.99. The van der Waals surface area contributed by atoms with Crippen molar-refractivity contribution in [1.82, 2.24) is 14.9 Å². The molecule has 1 amide bonds. The largest absolute Gasteiger partial charge is 0.378 e. The number of aromatic nitrogens is 2. The van der Waals surface area contributed by atoms with E-state index in [2.05, 4.69) is 47.3 Å². The second kappa shape index (κ2) is 7.56. The van der Waals surface area contributed by atoms with Crippen LogP contribution in [0.4, 0.5) is 11.4 Å². The summed E-state index contributed by atoms with van der Waals surface area (Å²) in [5.74, 6) is -0.0369. The number of amides is 1. The van der Waals surface area contributed by atoms with E-state index in [1.165, 1.54) is 0 Å². The Balaban J connectivity index is 1.83. The van der Waals surface area contributed by atoms with Crippen molar-refractivity contribution in [2.45, 2.75) is 20.8 Å². The van der Waals surface area contributed by atoms with Crippen LogP contribution in [-0.2, 0) is 4.74 Å². The molecule has 1 fully saturated rings. The first-order chi connectivity index (χ1) is 13.5. The zero-order valence-electron chi connectivity index (χ0n) is 16.5. The molecule has 144 valence electrons. The highest BCUT2D eigenvalue weighted by molar-refractivity contribution is 6.07. The predicted molar refractivity (Wildman–Crippen MR) is 110 cm³/mol. The number of carbonyl (C=O) groups is 1. The quantitative estimate of drug-likeness (QED) is 0.754. The van der Waals surface area contributed by atoms with E-state index >= 15 is 0 Å². The Morgan fingerprint density at radius 2 is 1.79 bits per heavy atom. The van der Waals surface area contributed by atoms with Gasteiger partial charge in [0.2, 0.25) is 0 Å². The molecule has 1 saturated heterocycles. The average molecular weight is 376 g/mol. The van der Waals surface area contributed by atoms with Crippen molar-refractivity contribution < 1.29 is 9.53 Å². The lowest BCUT2D eigenvalue weighted by molar-refractivity contribution is 0.0303. The minimum Gasteiger partial charge on any atom is -0.378 e. The number of morpholine rings is 1. The van der Waals surface area contributed by atoms with Crippen molar-refractivity contribution in [3.8, 4) is 0 Å². The standard InChI is InChI=1S/C22H24N4O2/c1-14-10-15(2)12-17(11-14)25-20-18-5-4-16(3)24-21(18)23-13-19(20)22(27)26-6-8-28-9-7-26/h4-5,10-13H,6-9H2,1-3H3,(H,23,24,25). The van der Waals surface area contributed by atoms with Crippen LogP contribution in [0.2, 0.25) is 0 Å². The summed E-state index contributed by atoms with van der Waals surface area (Å²) in [4.78, 5) is 24.0. The predicted octanol–water partition coefficient (Wildman–Crippen LogP) is 3.77. The molecule has 3 aromatic rings. The number of anilines is 2. The van der Waals surface area contributed by atoms with E-state index in [1.807, 2.05) is 24.0 Å². The third kappa shape index (κ3) is 3.68. The number of benzene rings is 1. The van der Waals surface area contributed by atoms with E-state index < -0.39 is 0 Å². The number of aryl methyl sites for hydroxylation is 3. The Morgan fingerprint density at radius 3 is 2.50 bits per heavy atom. The maximum Gasteiger partial charge on any atom is 0.257 e. The van der Waals surface area contributed by atoms with E-state index in [1.54, 1.807) is 6.20 Å². The summed E-state index contributed by atoms with van der Waals surface area (Å²) < 4.78 is 5.39. The zero-order valence-corrected chi connectivity index (χ0v) is 16.5. The number of pyridine rings is 2. The van der Waals surface area contributed by atoms with Gasteiger partial charge in [-0.05, 0) is 56.2 Å². The zero-order chi connectivity index (χ0) is 19.7. The lowest BCUT2D eigenvalue weighted by Crippen LogP contribution is -2.41. The minimum atomic E-state index is -0.0369. The van der Waals surface area contributed by atoms with Gasteiger partial charge in [-0.2, -0.15) is 0 Å². The topological polar surface area (TPSA) is 67.4 Å². The van der Waals surface area contributed by atoms with Crippen molar-refractivity contribution >= 4 is 28.3 Å². The van der Waals surface area contributed by atoms with Crippen LogP contribution in [0.15, 0.2) is 36.5 Å². The molecule has 3 heterocycles. The van der Waals surface area contributed by atoms with Crippen LogP contribution in [0, 0.1) is 20.8 Å². The Morgan fingerprint density at radius 1 is 1.07 bits per heavy atom. The monoisotopic (exact) mass is 376 g/mol. The third-order valence-electron chi connectivity index (χ3n) is 4.89. The number of rotatable bonds is 3. The van der Waals surface area contributed by atoms with E-state index in [-0.39, 0.29) is 5.91 Å². The molecule has 0 aliphatic carbocycles. The molecule has 6 heteroatoms. The Kier molecular flexibility index (Phi) is 4.96. The van der Waals surface area contributed by atoms with Crippen LogP contribution in [0.5, 0.6) is 0 Å². The van der Waals surface area contributed by atoms with Crippen LogP contribution in [0.1, 0.15) is 27.2 Å². The molecule has 0 atom stereocenters. The van der Waals surface area contributed by atoms with Gasteiger partial charge >= 0.3 is 0 Å². The molecule has 0 radical (unpaired) electrons. The smallest absolute Gasteiger partial charge is 0.257 e. The fourth-order valence-electron chi connectivity index (χ4n) is 3.60. The van der Waals surface area contributed by atoms with Crippen LogP contribution < -0.4 is 5.32 Å². The highest BCUT2D eigenvalue weighted by Crippen LogP contribution is 2.30. The second-order valence-corrected chi connectivity index (χ2v) is 7.28. The lowest BCUT2D eigenvalue weighted by Gasteiger charge is -2.28. The molecule has 28 heavy (non-hydrogen) atoms. The molecule has 1 aliphatic rings. The van der Waals surface area contributed by atoms with Gasteiger partial charge in [0.15, 0.2) is 5.65 Å². The molecular weight excluding hydrogens is 352 g/mol. The van der Waals surface area contributed by atoms with Gasteiger partial charge < -0.3 is 15.0 Å². The second-order valence-electron chi connectivity index (χ2n) is 7.28. The maximum atomic E-state index is 13.2. The van der Waals surface area contributed by atoms with Crippen LogP contribution in [0.25, 0.3) is 11.0 Å².